The normalized spacial score (nSPS) is 15.9. The highest BCUT2D eigenvalue weighted by Gasteiger charge is 2.23. The third-order valence-corrected chi connectivity index (χ3v) is 2.71. The number of nitrogens with two attached hydrogens (primary N) is 1. The Hall–Kier alpha value is -1.52. The largest absolute Gasteiger partial charge is 0.396 e. The Morgan fingerprint density at radius 1 is 1.53 bits per heavy atom. The van der Waals surface area contributed by atoms with E-state index in [9.17, 15) is 4.79 Å². The molecular weight excluding hydrogens is 192 g/mol. The monoisotopic (exact) mass is 208 g/mol. The predicted molar refractivity (Wildman–Crippen MR) is 57.5 cm³/mol. The van der Waals surface area contributed by atoms with Gasteiger partial charge in [0.05, 0.1) is 5.69 Å². The third-order valence-electron chi connectivity index (χ3n) is 2.71. The first-order valence-corrected chi connectivity index (χ1v) is 5.34. The fourth-order valence-electron chi connectivity index (χ4n) is 1.83. The highest BCUT2D eigenvalue weighted by atomic mass is 16.2. The molecule has 1 fully saturated rings. The summed E-state index contributed by atoms with van der Waals surface area (Å²) in [5.41, 5.74) is 6.64. The maximum Gasteiger partial charge on any atom is 0.276 e. The quantitative estimate of drug-likeness (QED) is 0.779. The van der Waals surface area contributed by atoms with Crippen LogP contribution in [0.2, 0.25) is 0 Å². The number of likely N-dealkylation sites (tertiary alicyclic amines) is 1. The number of amides is 1. The van der Waals surface area contributed by atoms with Gasteiger partial charge in [0.1, 0.15) is 0 Å². The molecule has 2 heterocycles. The number of carbonyl (C=O) groups is 1. The Labute approximate surface area is 88.8 Å². The molecule has 0 saturated carbocycles. The van der Waals surface area contributed by atoms with Crippen molar-refractivity contribution in [3.05, 3.63) is 11.9 Å². The third kappa shape index (κ3) is 1.82. The van der Waals surface area contributed by atoms with Gasteiger partial charge < -0.3 is 10.6 Å². The van der Waals surface area contributed by atoms with E-state index < -0.39 is 0 Å². The second kappa shape index (κ2) is 3.92. The van der Waals surface area contributed by atoms with Gasteiger partial charge in [0.25, 0.3) is 5.91 Å². The van der Waals surface area contributed by atoms with Gasteiger partial charge in [-0.05, 0) is 19.8 Å². The van der Waals surface area contributed by atoms with Gasteiger partial charge in [-0.3, -0.25) is 9.48 Å². The molecule has 2 N–H and O–H groups in total. The van der Waals surface area contributed by atoms with E-state index in [1.165, 1.54) is 0 Å². The fourth-order valence-corrected chi connectivity index (χ4v) is 1.83. The van der Waals surface area contributed by atoms with Crippen molar-refractivity contribution in [1.82, 2.24) is 14.7 Å². The lowest BCUT2D eigenvalue weighted by atomic mass is 10.3. The van der Waals surface area contributed by atoms with Gasteiger partial charge in [-0.25, -0.2) is 0 Å². The minimum atomic E-state index is -0.0304. The lowest BCUT2D eigenvalue weighted by Gasteiger charge is -2.13. The number of nitrogen functional groups attached to an aromatic ring is 1. The van der Waals surface area contributed by atoms with Crippen LogP contribution in [0.1, 0.15) is 30.3 Å². The van der Waals surface area contributed by atoms with Crippen molar-refractivity contribution in [1.29, 1.82) is 0 Å². The van der Waals surface area contributed by atoms with Crippen LogP contribution in [0.15, 0.2) is 6.20 Å². The van der Waals surface area contributed by atoms with Gasteiger partial charge in [0.2, 0.25) is 0 Å². The summed E-state index contributed by atoms with van der Waals surface area (Å²) >= 11 is 0. The molecule has 15 heavy (non-hydrogen) atoms. The van der Waals surface area contributed by atoms with Crippen LogP contribution in [0.3, 0.4) is 0 Å². The molecule has 0 bridgehead atoms. The molecule has 1 aromatic rings. The number of nitrogens with zero attached hydrogens (tertiary/aromatic N) is 3. The van der Waals surface area contributed by atoms with Crippen LogP contribution in [0.4, 0.5) is 5.69 Å². The minimum absolute atomic E-state index is 0.0304. The molecule has 2 rings (SSSR count). The summed E-state index contributed by atoms with van der Waals surface area (Å²) in [5.74, 6) is -0.0304. The van der Waals surface area contributed by atoms with E-state index in [0.717, 1.165) is 32.5 Å². The molecule has 0 atom stereocenters. The van der Waals surface area contributed by atoms with Gasteiger partial charge in [-0.1, -0.05) is 0 Å². The second-order valence-corrected chi connectivity index (χ2v) is 3.79. The predicted octanol–water partition coefficient (Wildman–Crippen LogP) is 0.721. The van der Waals surface area contributed by atoms with Crippen LogP contribution in [0.5, 0.6) is 0 Å². The molecule has 0 aliphatic carbocycles. The van der Waals surface area contributed by atoms with E-state index in [-0.39, 0.29) is 5.91 Å². The molecule has 1 aliphatic rings. The van der Waals surface area contributed by atoms with E-state index in [1.807, 2.05) is 11.8 Å². The van der Waals surface area contributed by atoms with Crippen LogP contribution in [0.25, 0.3) is 0 Å². The highest BCUT2D eigenvalue weighted by molar-refractivity contribution is 5.97. The SMILES string of the molecule is CCn1cc(N)c(C(=O)N2CCCC2)n1. The van der Waals surface area contributed by atoms with E-state index in [1.54, 1.807) is 10.9 Å². The van der Waals surface area contributed by atoms with E-state index in [2.05, 4.69) is 5.10 Å². The summed E-state index contributed by atoms with van der Waals surface area (Å²) in [6.45, 7) is 4.36. The average Bonchev–Trinajstić information content (AvgIpc) is 2.85. The van der Waals surface area contributed by atoms with Crippen molar-refractivity contribution in [2.24, 2.45) is 0 Å². The number of hydrogen-bond donors (Lipinski definition) is 1. The van der Waals surface area contributed by atoms with Crippen molar-refractivity contribution in [3.63, 3.8) is 0 Å². The summed E-state index contributed by atoms with van der Waals surface area (Å²) in [6.07, 6.45) is 3.88. The van der Waals surface area contributed by atoms with Crippen LogP contribution < -0.4 is 5.73 Å². The Kier molecular flexibility index (Phi) is 2.62. The molecule has 1 saturated heterocycles. The lowest BCUT2D eigenvalue weighted by molar-refractivity contribution is 0.0787. The van der Waals surface area contributed by atoms with Gasteiger partial charge in [-0.15, -0.1) is 0 Å². The molecule has 5 heteroatoms. The molecule has 1 aliphatic heterocycles. The Morgan fingerprint density at radius 3 is 2.73 bits per heavy atom. The lowest BCUT2D eigenvalue weighted by Crippen LogP contribution is -2.28. The van der Waals surface area contributed by atoms with Crippen LogP contribution >= 0.6 is 0 Å². The topological polar surface area (TPSA) is 64.2 Å². The van der Waals surface area contributed by atoms with Crippen molar-refractivity contribution in [2.75, 3.05) is 18.8 Å². The second-order valence-electron chi connectivity index (χ2n) is 3.79. The van der Waals surface area contributed by atoms with E-state index >= 15 is 0 Å². The molecule has 0 aromatic carbocycles. The summed E-state index contributed by atoms with van der Waals surface area (Å²) in [7, 11) is 0. The molecule has 1 aromatic heterocycles. The Bertz CT molecular complexity index is 365. The van der Waals surface area contributed by atoms with E-state index in [4.69, 9.17) is 5.73 Å². The smallest absolute Gasteiger partial charge is 0.276 e. The first-order chi connectivity index (χ1) is 7.22. The number of rotatable bonds is 2. The molecule has 5 nitrogen and oxygen atoms in total. The average molecular weight is 208 g/mol. The zero-order chi connectivity index (χ0) is 10.8. The number of aromatic nitrogens is 2. The first-order valence-electron chi connectivity index (χ1n) is 5.34. The zero-order valence-electron chi connectivity index (χ0n) is 8.94. The van der Waals surface area contributed by atoms with Crippen LogP contribution in [-0.4, -0.2) is 33.7 Å². The van der Waals surface area contributed by atoms with Crippen LogP contribution in [0, 0.1) is 0 Å². The standard InChI is InChI=1S/C10H16N4O/c1-2-14-7-8(11)9(12-14)10(15)13-5-3-4-6-13/h7H,2-6,11H2,1H3. The maximum atomic E-state index is 12.0. The number of anilines is 1. The van der Waals surface area contributed by atoms with E-state index in [0.29, 0.717) is 11.4 Å². The molecule has 82 valence electrons. The molecule has 1 amide bonds. The van der Waals surface area contributed by atoms with Crippen molar-refractivity contribution < 1.29 is 4.79 Å². The maximum absolute atomic E-state index is 12.0. The van der Waals surface area contributed by atoms with Crippen molar-refractivity contribution in [3.8, 4) is 0 Å². The molecular formula is C10H16N4O. The van der Waals surface area contributed by atoms with Gasteiger partial charge in [0.15, 0.2) is 5.69 Å². The summed E-state index contributed by atoms with van der Waals surface area (Å²) < 4.78 is 1.69. The van der Waals surface area contributed by atoms with Crippen LogP contribution in [-0.2, 0) is 6.54 Å². The minimum Gasteiger partial charge on any atom is -0.396 e. The molecule has 0 unspecified atom stereocenters. The molecule has 0 spiro atoms. The number of aryl methyl sites for hydroxylation is 1. The number of hydrogen-bond acceptors (Lipinski definition) is 3. The van der Waals surface area contributed by atoms with Gasteiger partial charge in [0, 0.05) is 25.8 Å². The highest BCUT2D eigenvalue weighted by Crippen LogP contribution is 2.16. The Balaban J connectivity index is 2.20. The fraction of sp³-hybridized carbons (Fsp3) is 0.600. The number of carbonyl (C=O) groups excluding carboxylic acids is 1. The summed E-state index contributed by atoms with van der Waals surface area (Å²) in [5, 5.41) is 4.17. The molecule has 0 radical (unpaired) electrons. The van der Waals surface area contributed by atoms with Crippen molar-refractivity contribution >= 4 is 11.6 Å². The van der Waals surface area contributed by atoms with Crippen molar-refractivity contribution in [2.45, 2.75) is 26.3 Å². The van der Waals surface area contributed by atoms with Gasteiger partial charge in [-0.2, -0.15) is 5.10 Å². The first kappa shape index (κ1) is 10.0. The Morgan fingerprint density at radius 2 is 2.20 bits per heavy atom. The summed E-state index contributed by atoms with van der Waals surface area (Å²) in [4.78, 5) is 13.8. The summed E-state index contributed by atoms with van der Waals surface area (Å²) in [6, 6.07) is 0. The van der Waals surface area contributed by atoms with Gasteiger partial charge >= 0.3 is 0 Å². The zero-order valence-corrected chi connectivity index (χ0v) is 8.94.